The van der Waals surface area contributed by atoms with Crippen LogP contribution in [0, 0.1) is 0 Å². The van der Waals surface area contributed by atoms with Crippen LogP contribution in [0.4, 0.5) is 17.1 Å². The van der Waals surface area contributed by atoms with Crippen molar-refractivity contribution in [1.82, 2.24) is 0 Å². The molecule has 0 atom stereocenters. The molecule has 2 nitrogen and oxygen atoms in total. The van der Waals surface area contributed by atoms with Crippen LogP contribution >= 0.6 is 0 Å². The van der Waals surface area contributed by atoms with E-state index in [1.165, 1.54) is 4.90 Å². The molecule has 0 aliphatic heterocycles. The lowest BCUT2D eigenvalue weighted by Gasteiger charge is -2.28. The number of hydrogen-bond acceptors (Lipinski definition) is 2. The third-order valence-corrected chi connectivity index (χ3v) is 10.2. The van der Waals surface area contributed by atoms with Crippen molar-refractivity contribution in [1.29, 1.82) is 0 Å². The van der Waals surface area contributed by atoms with E-state index in [2.05, 4.69) is 0 Å². The summed E-state index contributed by atoms with van der Waals surface area (Å²) in [4.78, 5) is 1.17. The van der Waals surface area contributed by atoms with Gasteiger partial charge in [-0.1, -0.05) is 182 Å². The molecule has 1 aromatic heterocycles. The Hall–Kier alpha value is -7.68. The number of fused-ring (bicyclic) bond motifs is 6. The van der Waals surface area contributed by atoms with Crippen LogP contribution in [-0.4, -0.2) is 0 Å². The smallest absolute Gasteiger partial charge is 0.143 e. The molecular weight excluding hydrogens is 703 g/mol. The zero-order chi connectivity index (χ0) is 53.2. The highest BCUT2D eigenvalue weighted by Gasteiger charge is 2.21. The van der Waals surface area contributed by atoms with Crippen molar-refractivity contribution in [2.45, 2.75) is 0 Å². The van der Waals surface area contributed by atoms with Gasteiger partial charge in [0, 0.05) is 33.1 Å². The van der Waals surface area contributed by atoms with Gasteiger partial charge >= 0.3 is 0 Å². The second kappa shape index (κ2) is 14.1. The Morgan fingerprint density at radius 3 is 1.60 bits per heavy atom. The Balaban J connectivity index is 1.21. The molecule has 58 heavy (non-hydrogen) atoms. The van der Waals surface area contributed by atoms with Crippen LogP contribution in [0.2, 0.25) is 0 Å². The average molecular weight is 757 g/mol. The van der Waals surface area contributed by atoms with Crippen LogP contribution in [0.25, 0.3) is 88.0 Å². The minimum atomic E-state index is -0.884. The fourth-order valence-corrected chi connectivity index (χ4v) is 7.50. The van der Waals surface area contributed by atoms with Crippen molar-refractivity contribution in [3.8, 4) is 44.5 Å². The third-order valence-electron chi connectivity index (χ3n) is 10.2. The topological polar surface area (TPSA) is 16.4 Å². The number of furan rings is 1. The minimum Gasteiger partial charge on any atom is -0.455 e. The molecule has 0 radical (unpaired) electrons. The Kier molecular flexibility index (Phi) is 4.98. The van der Waals surface area contributed by atoms with Gasteiger partial charge in [0.25, 0.3) is 0 Å². The van der Waals surface area contributed by atoms with E-state index in [-0.39, 0.29) is 11.3 Å². The number of benzene rings is 10. The molecule has 11 rings (SSSR count). The molecule has 0 saturated heterocycles. The summed E-state index contributed by atoms with van der Waals surface area (Å²) in [7, 11) is 0. The summed E-state index contributed by atoms with van der Waals surface area (Å²) in [5, 5.41) is 4.66. The van der Waals surface area contributed by atoms with Gasteiger partial charge in [-0.15, -0.1) is 0 Å². The second-order valence-electron chi connectivity index (χ2n) is 13.5. The van der Waals surface area contributed by atoms with Gasteiger partial charge < -0.3 is 9.32 Å². The van der Waals surface area contributed by atoms with E-state index < -0.39 is 136 Å². The van der Waals surface area contributed by atoms with Crippen LogP contribution in [0.1, 0.15) is 23.3 Å². The standard InChI is InChI=1S/C56H37NO/c1-2-12-38(13-3-1)39-24-26-40(27-25-39)41-28-33-45(34-29-41)57(46-35-30-44(31-36-46)48-20-10-16-42-14-4-6-17-47(42)48)53-22-9-8-19-50(53)51-21-11-23-54-55(51)52-37-32-43-15-5-7-18-49(43)56(52)58-54/h1-37H/i1D,2D,3D,12D,13D,24D,25D,26D,27D,28D,29D,30D,31D,33D,34D,35D,36D. The van der Waals surface area contributed by atoms with Crippen molar-refractivity contribution in [2.75, 3.05) is 4.90 Å². The highest BCUT2D eigenvalue weighted by Crippen LogP contribution is 2.46. The molecule has 2 heteroatoms. The zero-order valence-electron chi connectivity index (χ0n) is 47.4. The van der Waals surface area contributed by atoms with E-state index in [9.17, 15) is 13.7 Å². The fraction of sp³-hybridized carbons (Fsp3) is 0. The predicted molar refractivity (Wildman–Crippen MR) is 245 cm³/mol. The fourth-order valence-electron chi connectivity index (χ4n) is 7.50. The van der Waals surface area contributed by atoms with Crippen molar-refractivity contribution < 1.29 is 27.7 Å². The van der Waals surface area contributed by atoms with E-state index >= 15 is 0 Å². The highest BCUT2D eigenvalue weighted by atomic mass is 16.3. The molecule has 0 spiro atoms. The molecule has 0 aliphatic rings. The Bertz CT molecular complexity index is 4180. The lowest BCUT2D eigenvalue weighted by molar-refractivity contribution is 0.673. The second-order valence-corrected chi connectivity index (χ2v) is 13.5. The third kappa shape index (κ3) is 5.82. The molecule has 1 heterocycles. The summed E-state index contributed by atoms with van der Waals surface area (Å²) in [6, 6.07) is 23.6. The van der Waals surface area contributed by atoms with Gasteiger partial charge in [0.2, 0.25) is 0 Å². The van der Waals surface area contributed by atoms with E-state index in [0.29, 0.717) is 38.6 Å². The maximum absolute atomic E-state index is 9.80. The number of anilines is 3. The minimum absolute atomic E-state index is 0.0223. The predicted octanol–water partition coefficient (Wildman–Crippen LogP) is 16.0. The van der Waals surface area contributed by atoms with Gasteiger partial charge in [-0.2, -0.15) is 0 Å². The lowest BCUT2D eigenvalue weighted by Crippen LogP contribution is -2.11. The normalized spacial score (nSPS) is 15.6. The molecule has 10 aromatic carbocycles. The van der Waals surface area contributed by atoms with E-state index in [0.717, 1.165) is 21.5 Å². The number of rotatable bonds is 7. The van der Waals surface area contributed by atoms with Gasteiger partial charge in [-0.3, -0.25) is 0 Å². The Morgan fingerprint density at radius 2 is 0.879 bits per heavy atom. The first kappa shape index (κ1) is 20.5. The van der Waals surface area contributed by atoms with Crippen molar-refractivity contribution >= 4 is 60.5 Å². The van der Waals surface area contributed by atoms with Crippen molar-refractivity contribution in [3.05, 3.63) is 224 Å². The largest absolute Gasteiger partial charge is 0.455 e. The molecular formula is C56H37NO. The number of nitrogens with zero attached hydrogens (tertiary/aromatic N) is 1. The molecule has 0 amide bonds. The van der Waals surface area contributed by atoms with Crippen LogP contribution in [0.15, 0.2) is 228 Å². The molecule has 11 aromatic rings. The maximum Gasteiger partial charge on any atom is 0.143 e. The summed E-state index contributed by atoms with van der Waals surface area (Å²) in [5.74, 6) is 0. The highest BCUT2D eigenvalue weighted by molar-refractivity contribution is 6.19. The number of para-hydroxylation sites is 1. The average Bonchev–Trinajstić information content (AvgIpc) is 3.82. The van der Waals surface area contributed by atoms with E-state index in [1.54, 1.807) is 48.5 Å². The van der Waals surface area contributed by atoms with Crippen molar-refractivity contribution in [3.63, 3.8) is 0 Å². The van der Waals surface area contributed by atoms with Crippen LogP contribution < -0.4 is 4.90 Å². The summed E-state index contributed by atoms with van der Waals surface area (Å²) in [5.41, 5.74) is -0.959. The quantitative estimate of drug-likeness (QED) is 0.161. The summed E-state index contributed by atoms with van der Waals surface area (Å²) < 4.78 is 162. The SMILES string of the molecule is [2H]c1c([2H])c([2H])c(-c2c([2H])c([2H])c(-c3c([2H])c([2H])c(N(c4ccccc4-c4cccc5oc6c7ccccc7ccc6c45)c4c([2H])c([2H])c(-c5cccc6ccccc56)c([2H])c4[2H])c([2H])c3[2H])c([2H])c2[2H])c([2H])c1[2H]. The van der Waals surface area contributed by atoms with Gasteiger partial charge in [0.05, 0.1) is 29.0 Å². The molecule has 0 aliphatic carbocycles. The zero-order valence-corrected chi connectivity index (χ0v) is 30.4. The van der Waals surface area contributed by atoms with Crippen molar-refractivity contribution in [2.24, 2.45) is 0 Å². The lowest BCUT2D eigenvalue weighted by atomic mass is 9.95. The first-order valence-electron chi connectivity index (χ1n) is 27.0. The van der Waals surface area contributed by atoms with Crippen LogP contribution in [0.5, 0.6) is 0 Å². The van der Waals surface area contributed by atoms with Gasteiger partial charge in [0.1, 0.15) is 11.2 Å². The maximum atomic E-state index is 9.80. The van der Waals surface area contributed by atoms with Crippen LogP contribution in [-0.2, 0) is 0 Å². The summed E-state index contributed by atoms with van der Waals surface area (Å²) >= 11 is 0. The Labute approximate surface area is 361 Å². The van der Waals surface area contributed by atoms with Gasteiger partial charge in [-0.05, 0) is 97.5 Å². The molecule has 0 bridgehead atoms. The molecule has 0 unspecified atom stereocenters. The molecule has 0 saturated carbocycles. The van der Waals surface area contributed by atoms with Crippen LogP contribution in [0.3, 0.4) is 0 Å². The first-order chi connectivity index (χ1) is 35.9. The van der Waals surface area contributed by atoms with Gasteiger partial charge in [-0.25, -0.2) is 0 Å². The summed E-state index contributed by atoms with van der Waals surface area (Å²) in [6.07, 6.45) is 0. The molecule has 272 valence electrons. The summed E-state index contributed by atoms with van der Waals surface area (Å²) in [6.45, 7) is 0. The number of hydrogen-bond donors (Lipinski definition) is 0. The van der Waals surface area contributed by atoms with E-state index in [4.69, 9.17) is 14.0 Å². The molecule has 0 N–H and O–H groups in total. The van der Waals surface area contributed by atoms with Gasteiger partial charge in [0.15, 0.2) is 0 Å². The first-order valence-corrected chi connectivity index (χ1v) is 18.5. The van der Waals surface area contributed by atoms with E-state index in [1.807, 2.05) is 72.8 Å². The monoisotopic (exact) mass is 756 g/mol. The molecule has 0 fully saturated rings. The Morgan fingerprint density at radius 1 is 0.362 bits per heavy atom.